The number of rotatable bonds is 4. The first-order valence-corrected chi connectivity index (χ1v) is 8.25. The summed E-state index contributed by atoms with van der Waals surface area (Å²) in [5.41, 5.74) is 0.682. The van der Waals surface area contributed by atoms with Gasteiger partial charge in [-0.05, 0) is 25.0 Å². The van der Waals surface area contributed by atoms with Crippen molar-refractivity contribution in [3.05, 3.63) is 24.3 Å². The molecule has 2 aliphatic rings. The smallest absolute Gasteiger partial charge is 0.279 e. The molecule has 1 aromatic carbocycles. The van der Waals surface area contributed by atoms with Crippen molar-refractivity contribution >= 4 is 17.5 Å². The third kappa shape index (κ3) is 3.82. The van der Waals surface area contributed by atoms with Crippen molar-refractivity contribution in [3.63, 3.8) is 0 Å². The minimum Gasteiger partial charge on any atom is -0.497 e. The molecule has 2 amide bonds. The normalized spacial score (nSPS) is 26.8. The van der Waals surface area contributed by atoms with Crippen molar-refractivity contribution in [2.24, 2.45) is 0 Å². The summed E-state index contributed by atoms with van der Waals surface area (Å²) in [4.78, 5) is 24.4. The highest BCUT2D eigenvalue weighted by Crippen LogP contribution is 2.19. The summed E-state index contributed by atoms with van der Waals surface area (Å²) in [7, 11) is 1.59. The molecular weight excluding hydrogens is 294 g/mol. The van der Waals surface area contributed by atoms with Crippen molar-refractivity contribution in [3.8, 4) is 5.75 Å². The molecule has 6 nitrogen and oxygen atoms in total. The van der Waals surface area contributed by atoms with Crippen LogP contribution in [-0.2, 0) is 9.59 Å². The Bertz CT molecular complexity index is 590. The van der Waals surface area contributed by atoms with E-state index in [1.165, 1.54) is 12.8 Å². The van der Waals surface area contributed by atoms with Crippen LogP contribution < -0.4 is 20.7 Å². The highest BCUT2D eigenvalue weighted by molar-refractivity contribution is 5.95. The lowest BCUT2D eigenvalue weighted by Gasteiger charge is -2.37. The number of amides is 2. The number of fused-ring (bicyclic) bond motifs is 1. The Hall–Kier alpha value is -2.08. The predicted octanol–water partition coefficient (Wildman–Crippen LogP) is 0.397. The summed E-state index contributed by atoms with van der Waals surface area (Å²) in [6, 6.07) is 7.56. The van der Waals surface area contributed by atoms with Gasteiger partial charge in [-0.1, -0.05) is 12.5 Å². The number of hydrogen-bond donors (Lipinski definition) is 3. The van der Waals surface area contributed by atoms with Gasteiger partial charge < -0.3 is 20.7 Å². The van der Waals surface area contributed by atoms with E-state index in [1.54, 1.807) is 13.2 Å². The molecule has 1 saturated carbocycles. The van der Waals surface area contributed by atoms with Gasteiger partial charge in [0.05, 0.1) is 19.6 Å². The molecule has 1 aliphatic heterocycles. The van der Waals surface area contributed by atoms with Crippen LogP contribution in [0.25, 0.3) is 0 Å². The molecule has 0 aromatic heterocycles. The Kier molecular flexibility index (Phi) is 4.81. The molecule has 1 aromatic rings. The Morgan fingerprint density at radius 2 is 2.22 bits per heavy atom. The zero-order valence-electron chi connectivity index (χ0n) is 13.4. The predicted molar refractivity (Wildman–Crippen MR) is 86.1 cm³/mol. The van der Waals surface area contributed by atoms with Crippen LogP contribution in [0.2, 0.25) is 0 Å². The average molecular weight is 318 g/mol. The SMILES string of the molecule is COc1cccc(NC(=O)C[C@H]2[NH2+][C@@H]3CCCC[C@@H]3NC2=O)c1. The lowest BCUT2D eigenvalue weighted by molar-refractivity contribution is -0.718. The van der Waals surface area contributed by atoms with Gasteiger partial charge >= 0.3 is 0 Å². The maximum absolute atomic E-state index is 12.2. The zero-order chi connectivity index (χ0) is 16.2. The van der Waals surface area contributed by atoms with Crippen LogP contribution in [0.1, 0.15) is 32.1 Å². The van der Waals surface area contributed by atoms with E-state index >= 15 is 0 Å². The first kappa shape index (κ1) is 15.8. The van der Waals surface area contributed by atoms with E-state index < -0.39 is 0 Å². The lowest BCUT2D eigenvalue weighted by Crippen LogP contribution is -3.03. The largest absolute Gasteiger partial charge is 0.497 e. The average Bonchev–Trinajstić information content (AvgIpc) is 2.55. The molecule has 3 rings (SSSR count). The second-order valence-corrected chi connectivity index (χ2v) is 6.35. The van der Waals surface area contributed by atoms with Crippen LogP contribution in [0.3, 0.4) is 0 Å². The first-order chi connectivity index (χ1) is 11.2. The van der Waals surface area contributed by atoms with Gasteiger partial charge in [-0.2, -0.15) is 0 Å². The van der Waals surface area contributed by atoms with E-state index in [1.807, 2.05) is 18.2 Å². The molecule has 1 saturated heterocycles. The minimum atomic E-state index is -0.333. The van der Waals surface area contributed by atoms with Crippen LogP contribution in [0.4, 0.5) is 5.69 Å². The quantitative estimate of drug-likeness (QED) is 0.751. The molecule has 23 heavy (non-hydrogen) atoms. The summed E-state index contributed by atoms with van der Waals surface area (Å²) in [5.74, 6) is 0.521. The van der Waals surface area contributed by atoms with Crippen molar-refractivity contribution in [2.45, 2.75) is 50.2 Å². The monoisotopic (exact) mass is 318 g/mol. The molecule has 1 heterocycles. The molecule has 0 spiro atoms. The van der Waals surface area contributed by atoms with Crippen molar-refractivity contribution in [1.29, 1.82) is 0 Å². The molecule has 6 heteroatoms. The van der Waals surface area contributed by atoms with Gasteiger partial charge in [0.2, 0.25) is 5.91 Å². The highest BCUT2D eigenvalue weighted by Gasteiger charge is 2.40. The van der Waals surface area contributed by atoms with Gasteiger partial charge in [0.1, 0.15) is 11.8 Å². The molecule has 3 atom stereocenters. The number of piperazine rings is 1. The maximum atomic E-state index is 12.2. The molecule has 0 bridgehead atoms. The van der Waals surface area contributed by atoms with E-state index in [0.29, 0.717) is 17.5 Å². The van der Waals surface area contributed by atoms with E-state index in [2.05, 4.69) is 16.0 Å². The Labute approximate surface area is 136 Å². The number of carbonyl (C=O) groups is 2. The minimum absolute atomic E-state index is 0.0195. The van der Waals surface area contributed by atoms with Crippen LogP contribution >= 0.6 is 0 Å². The Morgan fingerprint density at radius 3 is 3.04 bits per heavy atom. The Morgan fingerprint density at radius 1 is 1.39 bits per heavy atom. The molecular formula is C17H24N3O3+. The molecule has 0 radical (unpaired) electrons. The van der Waals surface area contributed by atoms with Gasteiger partial charge in [-0.3, -0.25) is 9.59 Å². The van der Waals surface area contributed by atoms with Crippen LogP contribution in [0, 0.1) is 0 Å². The third-order valence-electron chi connectivity index (χ3n) is 4.72. The fourth-order valence-electron chi connectivity index (χ4n) is 3.52. The van der Waals surface area contributed by atoms with Crippen LogP contribution in [0.5, 0.6) is 5.75 Å². The number of methoxy groups -OCH3 is 1. The second kappa shape index (κ2) is 7.00. The highest BCUT2D eigenvalue weighted by atomic mass is 16.5. The number of benzene rings is 1. The summed E-state index contributed by atoms with van der Waals surface area (Å²) >= 11 is 0. The van der Waals surface area contributed by atoms with E-state index in [-0.39, 0.29) is 30.3 Å². The summed E-state index contributed by atoms with van der Waals surface area (Å²) in [5, 5.41) is 8.01. The van der Waals surface area contributed by atoms with Gasteiger partial charge in [-0.15, -0.1) is 0 Å². The molecule has 0 unspecified atom stereocenters. The third-order valence-corrected chi connectivity index (χ3v) is 4.72. The zero-order valence-corrected chi connectivity index (χ0v) is 13.4. The van der Waals surface area contributed by atoms with Gasteiger partial charge in [-0.25, -0.2) is 0 Å². The number of nitrogens with one attached hydrogen (secondary N) is 2. The van der Waals surface area contributed by atoms with Gasteiger partial charge in [0, 0.05) is 18.2 Å². The number of nitrogens with two attached hydrogens (primary N) is 1. The number of ether oxygens (including phenoxy) is 1. The van der Waals surface area contributed by atoms with E-state index in [4.69, 9.17) is 4.74 Å². The first-order valence-electron chi connectivity index (χ1n) is 8.25. The fraction of sp³-hybridized carbons (Fsp3) is 0.529. The lowest BCUT2D eigenvalue weighted by atomic mass is 9.87. The standard InChI is InChI=1S/C17H23N3O3/c1-23-12-6-4-5-11(9-12)18-16(21)10-15-17(22)20-14-8-3-2-7-13(14)19-15/h4-6,9,13-15,19H,2-3,7-8,10H2,1H3,(H,18,21)(H,20,22)/p+1/t13-,14+,15-/m1/s1. The Balaban J connectivity index is 1.57. The molecule has 4 N–H and O–H groups in total. The van der Waals surface area contributed by atoms with Crippen molar-refractivity contribution in [1.82, 2.24) is 5.32 Å². The molecule has 124 valence electrons. The van der Waals surface area contributed by atoms with Gasteiger partial charge in [0.25, 0.3) is 5.91 Å². The van der Waals surface area contributed by atoms with Gasteiger partial charge in [0.15, 0.2) is 6.04 Å². The number of anilines is 1. The summed E-state index contributed by atoms with van der Waals surface area (Å²) < 4.78 is 5.14. The van der Waals surface area contributed by atoms with Crippen LogP contribution in [0.15, 0.2) is 24.3 Å². The second-order valence-electron chi connectivity index (χ2n) is 6.35. The van der Waals surface area contributed by atoms with E-state index in [9.17, 15) is 9.59 Å². The van der Waals surface area contributed by atoms with Crippen molar-refractivity contribution in [2.75, 3.05) is 12.4 Å². The fourth-order valence-corrected chi connectivity index (χ4v) is 3.52. The van der Waals surface area contributed by atoms with Crippen molar-refractivity contribution < 1.29 is 19.6 Å². The van der Waals surface area contributed by atoms with Crippen LogP contribution in [-0.4, -0.2) is 37.0 Å². The summed E-state index contributed by atoms with van der Waals surface area (Å²) in [6.07, 6.45) is 4.73. The maximum Gasteiger partial charge on any atom is 0.279 e. The van der Waals surface area contributed by atoms with E-state index in [0.717, 1.165) is 12.8 Å². The summed E-state index contributed by atoms with van der Waals surface area (Å²) in [6.45, 7) is 0. The molecule has 1 aliphatic carbocycles. The number of quaternary nitrogens is 1. The molecule has 2 fully saturated rings. The topological polar surface area (TPSA) is 84.0 Å². The number of hydrogen-bond acceptors (Lipinski definition) is 3. The number of carbonyl (C=O) groups excluding carboxylic acids is 2.